The molecule has 3 rings (SSSR count). The molecule has 0 spiro atoms. The van der Waals surface area contributed by atoms with Crippen LogP contribution in [-0.2, 0) is 29.8 Å². The zero-order chi connectivity index (χ0) is 25.6. The number of methoxy groups -OCH3 is 1. The quantitative estimate of drug-likeness (QED) is 0.139. The van der Waals surface area contributed by atoms with Crippen LogP contribution in [-0.4, -0.2) is 52.3 Å². The number of azide groups is 1. The molecule has 1 aromatic carbocycles. The van der Waals surface area contributed by atoms with E-state index in [4.69, 9.17) is 19.5 Å². The van der Waals surface area contributed by atoms with Crippen molar-refractivity contribution in [3.63, 3.8) is 0 Å². The van der Waals surface area contributed by atoms with Crippen LogP contribution in [0, 0.1) is 6.92 Å². The third-order valence-electron chi connectivity index (χ3n) is 5.36. The Morgan fingerprint density at radius 1 is 1.43 bits per heavy atom. The predicted octanol–water partition coefficient (Wildman–Crippen LogP) is 1.30. The molecule has 1 aliphatic rings. The van der Waals surface area contributed by atoms with Gasteiger partial charge in [-0.2, -0.15) is 0 Å². The molecular formula is C20H25N6O8P. The van der Waals surface area contributed by atoms with Crippen molar-refractivity contribution in [3.8, 4) is 0 Å². The number of aromatic amines is 1. The van der Waals surface area contributed by atoms with Crippen LogP contribution < -0.4 is 16.3 Å². The molecule has 5 atom stereocenters. The Morgan fingerprint density at radius 2 is 2.14 bits per heavy atom. The van der Waals surface area contributed by atoms with Crippen molar-refractivity contribution < 1.29 is 28.3 Å². The number of H-pyrrole nitrogens is 1. The number of ether oxygens (including phenoxy) is 2. The monoisotopic (exact) mass is 508 g/mol. The van der Waals surface area contributed by atoms with Gasteiger partial charge in [0.2, 0.25) is 0 Å². The first-order valence-electron chi connectivity index (χ1n) is 10.5. The minimum Gasteiger partial charge on any atom is -0.468 e. The van der Waals surface area contributed by atoms with Crippen LogP contribution in [0.2, 0.25) is 0 Å². The van der Waals surface area contributed by atoms with E-state index >= 15 is 0 Å². The van der Waals surface area contributed by atoms with E-state index in [2.05, 4.69) is 20.1 Å². The molecule has 1 saturated heterocycles. The number of carbonyl (C=O) groups is 1. The highest BCUT2D eigenvalue weighted by molar-refractivity contribution is 7.50. The molecule has 0 saturated carbocycles. The zero-order valence-corrected chi connectivity index (χ0v) is 19.8. The first-order chi connectivity index (χ1) is 16.6. The molecule has 1 aromatic heterocycles. The Kier molecular flexibility index (Phi) is 8.62. The Balaban J connectivity index is 1.70. The molecule has 15 heteroatoms. The second-order valence-corrected chi connectivity index (χ2v) is 9.38. The van der Waals surface area contributed by atoms with Crippen molar-refractivity contribution in [3.05, 3.63) is 78.9 Å². The summed E-state index contributed by atoms with van der Waals surface area (Å²) in [5.74, 6) is -0.760. The van der Waals surface area contributed by atoms with Crippen molar-refractivity contribution >= 4 is 13.7 Å². The Bertz CT molecular complexity index is 1260. The second-order valence-electron chi connectivity index (χ2n) is 7.83. The molecule has 3 N–H and O–H groups in total. The standard InChI is InChI=1S/C20H25N6O8P/c1-12-10-26(20(29)22-18(12)27)17-9-14(23-25-21)16(34-17)11-33-35(30,31)24-15(19(28)32-2)8-13-6-4-3-5-7-13/h3-7,10,14-17H,8-9,11H2,1-2H3,(H,22,27,29)(H2,24,30,31)/t14?,15-,16?,17?/m0/s1. The van der Waals surface area contributed by atoms with Crippen molar-refractivity contribution in [1.82, 2.24) is 14.6 Å². The Morgan fingerprint density at radius 3 is 2.80 bits per heavy atom. The minimum atomic E-state index is -4.55. The lowest BCUT2D eigenvalue weighted by atomic mass is 10.1. The molecular weight excluding hydrogens is 483 g/mol. The lowest BCUT2D eigenvalue weighted by molar-refractivity contribution is -0.142. The van der Waals surface area contributed by atoms with Crippen molar-refractivity contribution in [2.24, 2.45) is 5.11 Å². The molecule has 4 unspecified atom stereocenters. The van der Waals surface area contributed by atoms with E-state index in [0.717, 1.165) is 17.2 Å². The highest BCUT2D eigenvalue weighted by Gasteiger charge is 2.39. The van der Waals surface area contributed by atoms with E-state index in [1.807, 2.05) is 0 Å². The largest absolute Gasteiger partial charge is 0.468 e. The maximum absolute atomic E-state index is 12.7. The normalized spacial score (nSPS) is 22.1. The van der Waals surface area contributed by atoms with Crippen LogP contribution >= 0.6 is 7.75 Å². The highest BCUT2D eigenvalue weighted by Crippen LogP contribution is 2.40. The maximum atomic E-state index is 12.7. The number of nitrogens with zero attached hydrogens (tertiary/aromatic N) is 4. The fourth-order valence-electron chi connectivity index (χ4n) is 3.61. The molecule has 0 amide bonds. The van der Waals surface area contributed by atoms with E-state index in [1.54, 1.807) is 30.3 Å². The number of carbonyl (C=O) groups excluding carboxylic acids is 1. The molecule has 2 heterocycles. The summed E-state index contributed by atoms with van der Waals surface area (Å²) < 4.78 is 29.5. The number of aromatic nitrogens is 2. The van der Waals surface area contributed by atoms with Gasteiger partial charge in [-0.15, -0.1) is 0 Å². The third-order valence-corrected chi connectivity index (χ3v) is 6.50. The van der Waals surface area contributed by atoms with Crippen LogP contribution in [0.15, 0.2) is 51.2 Å². The lowest BCUT2D eigenvalue weighted by Crippen LogP contribution is -2.38. The molecule has 35 heavy (non-hydrogen) atoms. The average Bonchev–Trinajstić information content (AvgIpc) is 3.22. The molecule has 0 radical (unpaired) electrons. The minimum absolute atomic E-state index is 0.0609. The van der Waals surface area contributed by atoms with Gasteiger partial charge in [-0.3, -0.25) is 23.7 Å². The summed E-state index contributed by atoms with van der Waals surface area (Å²) in [5, 5.41) is 5.92. The summed E-state index contributed by atoms with van der Waals surface area (Å²) >= 11 is 0. The van der Waals surface area contributed by atoms with Crippen LogP contribution in [0.4, 0.5) is 0 Å². The Labute approximate surface area is 199 Å². The summed E-state index contributed by atoms with van der Waals surface area (Å²) in [7, 11) is -3.39. The van der Waals surface area contributed by atoms with Gasteiger partial charge < -0.3 is 14.4 Å². The molecule has 1 fully saturated rings. The van der Waals surface area contributed by atoms with Gasteiger partial charge in [0.05, 0.1) is 25.9 Å². The van der Waals surface area contributed by atoms with Crippen LogP contribution in [0.1, 0.15) is 23.8 Å². The summed E-state index contributed by atoms with van der Waals surface area (Å²) in [5.41, 5.74) is 8.62. The van der Waals surface area contributed by atoms with Gasteiger partial charge in [0.15, 0.2) is 0 Å². The van der Waals surface area contributed by atoms with E-state index in [1.165, 1.54) is 13.1 Å². The topological polar surface area (TPSA) is 198 Å². The van der Waals surface area contributed by atoms with E-state index in [0.29, 0.717) is 0 Å². The van der Waals surface area contributed by atoms with E-state index in [9.17, 15) is 23.8 Å². The van der Waals surface area contributed by atoms with Gasteiger partial charge in [-0.1, -0.05) is 35.4 Å². The van der Waals surface area contributed by atoms with Crippen molar-refractivity contribution in [2.45, 2.75) is 44.2 Å². The number of benzene rings is 1. The fourth-order valence-corrected chi connectivity index (χ4v) is 4.62. The number of aryl methyl sites for hydroxylation is 1. The third kappa shape index (κ3) is 6.89. The van der Waals surface area contributed by atoms with Gasteiger partial charge in [0, 0.05) is 23.1 Å². The van der Waals surface area contributed by atoms with Crippen LogP contribution in [0.3, 0.4) is 0 Å². The molecule has 0 bridgehead atoms. The summed E-state index contributed by atoms with van der Waals surface area (Å²) in [6, 6.07) is 6.81. The second kappa shape index (κ2) is 11.5. The summed E-state index contributed by atoms with van der Waals surface area (Å²) in [6.45, 7) is 1.02. The van der Waals surface area contributed by atoms with Gasteiger partial charge in [0.1, 0.15) is 12.3 Å². The molecule has 1 aliphatic heterocycles. The van der Waals surface area contributed by atoms with Gasteiger partial charge in [0.25, 0.3) is 5.56 Å². The van der Waals surface area contributed by atoms with Gasteiger partial charge >= 0.3 is 19.4 Å². The van der Waals surface area contributed by atoms with Crippen molar-refractivity contribution in [2.75, 3.05) is 13.7 Å². The number of hydrogen-bond acceptors (Lipinski definition) is 8. The first-order valence-corrected chi connectivity index (χ1v) is 12.1. The molecule has 0 aliphatic carbocycles. The number of esters is 1. The predicted molar refractivity (Wildman–Crippen MR) is 122 cm³/mol. The number of rotatable bonds is 10. The lowest BCUT2D eigenvalue weighted by Gasteiger charge is -2.22. The van der Waals surface area contributed by atoms with Crippen LogP contribution in [0.5, 0.6) is 0 Å². The SMILES string of the molecule is COC(=O)[C@H](Cc1ccccc1)NP(=O)(O)OCC1OC(n2cc(C)c(=O)[nH]c2=O)CC1N=[N+]=[N-]. The number of hydrogen-bond donors (Lipinski definition) is 3. The van der Waals surface area contributed by atoms with E-state index < -0.39 is 56.0 Å². The number of nitrogens with one attached hydrogen (secondary N) is 2. The molecule has 14 nitrogen and oxygen atoms in total. The first kappa shape index (κ1) is 26.4. The maximum Gasteiger partial charge on any atom is 0.403 e. The Hall–Kier alpha value is -3.25. The van der Waals surface area contributed by atoms with Crippen molar-refractivity contribution in [1.29, 1.82) is 0 Å². The van der Waals surface area contributed by atoms with Gasteiger partial charge in [-0.05, 0) is 24.4 Å². The van der Waals surface area contributed by atoms with Gasteiger partial charge in [-0.25, -0.2) is 14.4 Å². The molecule has 2 aromatic rings. The fraction of sp³-hybridized carbons (Fsp3) is 0.450. The van der Waals surface area contributed by atoms with Crippen LogP contribution in [0.25, 0.3) is 10.4 Å². The summed E-state index contributed by atoms with van der Waals surface area (Å²) in [4.78, 5) is 51.2. The molecule has 188 valence electrons. The average molecular weight is 508 g/mol. The highest BCUT2D eigenvalue weighted by atomic mass is 31.2. The van der Waals surface area contributed by atoms with E-state index in [-0.39, 0.29) is 18.4 Å². The summed E-state index contributed by atoms with van der Waals surface area (Å²) in [6.07, 6.45) is -0.451. The zero-order valence-electron chi connectivity index (χ0n) is 18.9. The smallest absolute Gasteiger partial charge is 0.403 e.